The molecule has 1 aliphatic heterocycles. The molecule has 0 aromatic heterocycles. The number of nitrogens with zero attached hydrogens (tertiary/aromatic N) is 2. The van der Waals surface area contributed by atoms with Gasteiger partial charge >= 0.3 is 0 Å². The van der Waals surface area contributed by atoms with Crippen molar-refractivity contribution in [2.45, 2.75) is 6.54 Å². The van der Waals surface area contributed by atoms with Crippen molar-refractivity contribution in [3.05, 3.63) is 59.7 Å². The molecule has 0 spiro atoms. The lowest BCUT2D eigenvalue weighted by Gasteiger charge is -2.31. The Morgan fingerprint density at radius 2 is 1.81 bits per heavy atom. The fraction of sp³-hybridized carbons (Fsp3) is 0.316. The molecule has 5 nitrogen and oxygen atoms in total. The molecule has 3 rings (SSSR count). The number of benzene rings is 2. The maximum Gasteiger partial charge on any atom is 0.253 e. The molecule has 0 radical (unpaired) electrons. The molecule has 0 bridgehead atoms. The molecule has 1 heterocycles. The van der Waals surface area contributed by atoms with Gasteiger partial charge in [0.05, 0.1) is 13.2 Å². The summed E-state index contributed by atoms with van der Waals surface area (Å²) in [6.45, 7) is 3.80. The van der Waals surface area contributed by atoms with Crippen molar-refractivity contribution in [1.82, 2.24) is 4.90 Å². The fourth-order valence-corrected chi connectivity index (χ4v) is 2.98. The number of amides is 1. The number of carbonyl (C=O) groups excluding carboxylic acids is 1. The summed E-state index contributed by atoms with van der Waals surface area (Å²) in [5.74, 6) is -0.0286. The Morgan fingerprint density at radius 1 is 1.12 bits per heavy atom. The van der Waals surface area contributed by atoms with E-state index in [-0.39, 0.29) is 30.7 Å². The van der Waals surface area contributed by atoms with Crippen molar-refractivity contribution in [2.24, 2.45) is 0 Å². The van der Waals surface area contributed by atoms with Gasteiger partial charge in [-0.1, -0.05) is 24.3 Å². The Bertz CT molecular complexity index is 721. The van der Waals surface area contributed by atoms with Crippen LogP contribution >= 0.6 is 24.8 Å². The number of anilines is 2. The Kier molecular flexibility index (Phi) is 8.72. The molecule has 0 aliphatic carbocycles. The van der Waals surface area contributed by atoms with Gasteiger partial charge in [-0.15, -0.1) is 24.8 Å². The number of hydrogen-bond donors (Lipinski definition) is 1. The average molecular weight is 398 g/mol. The van der Waals surface area contributed by atoms with Gasteiger partial charge in [0.15, 0.2) is 0 Å². The minimum absolute atomic E-state index is 0. The number of hydrogen-bond acceptors (Lipinski definition) is 4. The number of morpholine rings is 1. The van der Waals surface area contributed by atoms with E-state index in [2.05, 4.69) is 17.0 Å². The van der Waals surface area contributed by atoms with E-state index in [1.807, 2.05) is 19.2 Å². The predicted molar refractivity (Wildman–Crippen MR) is 111 cm³/mol. The number of rotatable bonds is 4. The number of para-hydroxylation sites is 1. The highest BCUT2D eigenvalue weighted by molar-refractivity contribution is 5.94. The van der Waals surface area contributed by atoms with Crippen LogP contribution in [0.2, 0.25) is 0 Å². The number of halogens is 2. The zero-order valence-corrected chi connectivity index (χ0v) is 16.4. The number of carbonyl (C=O) groups is 1. The maximum absolute atomic E-state index is 12.6. The first-order valence-electron chi connectivity index (χ1n) is 8.17. The summed E-state index contributed by atoms with van der Waals surface area (Å²) < 4.78 is 5.43. The van der Waals surface area contributed by atoms with Crippen LogP contribution in [0, 0.1) is 0 Å². The highest BCUT2D eigenvalue weighted by atomic mass is 35.5. The summed E-state index contributed by atoms with van der Waals surface area (Å²) in [6, 6.07) is 15.3. The lowest BCUT2D eigenvalue weighted by molar-refractivity contribution is 0.0785. The van der Waals surface area contributed by atoms with Crippen LogP contribution in [-0.4, -0.2) is 44.2 Å². The van der Waals surface area contributed by atoms with Crippen LogP contribution in [0.3, 0.4) is 0 Å². The monoisotopic (exact) mass is 397 g/mol. The zero-order chi connectivity index (χ0) is 16.9. The van der Waals surface area contributed by atoms with Crippen LogP contribution in [0.1, 0.15) is 15.9 Å². The molecular formula is C19H25Cl2N3O2. The van der Waals surface area contributed by atoms with Crippen molar-refractivity contribution >= 4 is 42.1 Å². The second-order valence-electron chi connectivity index (χ2n) is 6.01. The number of ether oxygens (including phenoxy) is 1. The Balaban J connectivity index is 0.00000169. The van der Waals surface area contributed by atoms with Gasteiger partial charge in [0.1, 0.15) is 0 Å². The topological polar surface area (TPSA) is 58.8 Å². The van der Waals surface area contributed by atoms with Gasteiger partial charge in [0.2, 0.25) is 0 Å². The van der Waals surface area contributed by atoms with E-state index in [1.54, 1.807) is 29.2 Å². The van der Waals surface area contributed by atoms with Crippen molar-refractivity contribution in [1.29, 1.82) is 0 Å². The van der Waals surface area contributed by atoms with E-state index in [0.717, 1.165) is 31.9 Å². The van der Waals surface area contributed by atoms with Gasteiger partial charge in [-0.25, -0.2) is 0 Å². The predicted octanol–water partition coefficient (Wildman–Crippen LogP) is 3.22. The molecule has 1 amide bonds. The molecule has 1 aliphatic rings. The van der Waals surface area contributed by atoms with Crippen LogP contribution in [0.5, 0.6) is 0 Å². The van der Waals surface area contributed by atoms with Gasteiger partial charge in [0.25, 0.3) is 5.91 Å². The Morgan fingerprint density at radius 3 is 2.50 bits per heavy atom. The molecule has 2 aromatic rings. The first kappa shape index (κ1) is 22.1. The van der Waals surface area contributed by atoms with Crippen LogP contribution in [0.15, 0.2) is 48.5 Å². The number of nitrogen functional groups attached to an aromatic ring is 1. The standard InChI is InChI=1S/C19H23N3O2.2ClH/c1-21(19(23)15-6-4-7-17(20)13-15)14-16-5-2-3-8-18(16)22-9-11-24-12-10-22;;/h2-8,13H,9-12,14,20H2,1H3;2*1H. The second-order valence-corrected chi connectivity index (χ2v) is 6.01. The van der Waals surface area contributed by atoms with E-state index >= 15 is 0 Å². The molecule has 142 valence electrons. The normalized spacial score (nSPS) is 13.3. The molecular weight excluding hydrogens is 373 g/mol. The highest BCUT2D eigenvalue weighted by Crippen LogP contribution is 2.23. The summed E-state index contributed by atoms with van der Waals surface area (Å²) in [6.07, 6.45) is 0. The van der Waals surface area contributed by atoms with Crippen LogP contribution in [0.25, 0.3) is 0 Å². The fourth-order valence-electron chi connectivity index (χ4n) is 2.98. The largest absolute Gasteiger partial charge is 0.399 e. The highest BCUT2D eigenvalue weighted by Gasteiger charge is 2.17. The van der Waals surface area contributed by atoms with Crippen LogP contribution in [-0.2, 0) is 11.3 Å². The third kappa shape index (κ3) is 5.27. The third-order valence-corrected chi connectivity index (χ3v) is 4.23. The SMILES string of the molecule is CN(Cc1ccccc1N1CCOCC1)C(=O)c1cccc(N)c1.Cl.Cl. The Hall–Kier alpha value is -1.95. The first-order chi connectivity index (χ1) is 11.6. The maximum atomic E-state index is 12.6. The van der Waals surface area contributed by atoms with Crippen LogP contribution < -0.4 is 10.6 Å². The molecule has 1 saturated heterocycles. The second kappa shape index (κ2) is 10.3. The molecule has 2 aromatic carbocycles. The summed E-state index contributed by atoms with van der Waals surface area (Å²) in [7, 11) is 1.82. The van der Waals surface area contributed by atoms with E-state index in [0.29, 0.717) is 17.8 Å². The van der Waals surface area contributed by atoms with Gasteiger partial charge in [-0.05, 0) is 29.8 Å². The Labute approximate surface area is 166 Å². The van der Waals surface area contributed by atoms with Gasteiger partial charge < -0.3 is 20.3 Å². The zero-order valence-electron chi connectivity index (χ0n) is 14.8. The van der Waals surface area contributed by atoms with E-state index in [1.165, 1.54) is 5.69 Å². The van der Waals surface area contributed by atoms with Crippen LogP contribution in [0.4, 0.5) is 11.4 Å². The molecule has 0 saturated carbocycles. The molecule has 0 unspecified atom stereocenters. The lowest BCUT2D eigenvalue weighted by atomic mass is 10.1. The lowest BCUT2D eigenvalue weighted by Crippen LogP contribution is -2.37. The summed E-state index contributed by atoms with van der Waals surface area (Å²) in [4.78, 5) is 16.7. The van der Waals surface area contributed by atoms with Crippen molar-refractivity contribution < 1.29 is 9.53 Å². The molecule has 0 atom stereocenters. The smallest absolute Gasteiger partial charge is 0.253 e. The molecule has 26 heavy (non-hydrogen) atoms. The van der Waals surface area contributed by atoms with E-state index < -0.39 is 0 Å². The summed E-state index contributed by atoms with van der Waals surface area (Å²) >= 11 is 0. The van der Waals surface area contributed by atoms with Crippen molar-refractivity contribution in [2.75, 3.05) is 44.0 Å². The minimum atomic E-state index is -0.0286. The summed E-state index contributed by atoms with van der Waals surface area (Å²) in [5, 5.41) is 0. The third-order valence-electron chi connectivity index (χ3n) is 4.23. The first-order valence-corrected chi connectivity index (χ1v) is 8.17. The quantitative estimate of drug-likeness (QED) is 0.804. The summed E-state index contributed by atoms with van der Waals surface area (Å²) in [5.41, 5.74) is 9.31. The molecule has 1 fully saturated rings. The minimum Gasteiger partial charge on any atom is -0.399 e. The molecule has 7 heteroatoms. The van der Waals surface area contributed by atoms with Gasteiger partial charge in [-0.2, -0.15) is 0 Å². The number of nitrogens with two attached hydrogens (primary N) is 1. The van der Waals surface area contributed by atoms with E-state index in [4.69, 9.17) is 10.5 Å². The van der Waals surface area contributed by atoms with Crippen molar-refractivity contribution in [3.8, 4) is 0 Å². The van der Waals surface area contributed by atoms with Gasteiger partial charge in [0, 0.05) is 43.6 Å². The average Bonchev–Trinajstić information content (AvgIpc) is 2.62. The van der Waals surface area contributed by atoms with E-state index in [9.17, 15) is 4.79 Å². The van der Waals surface area contributed by atoms with Crippen molar-refractivity contribution in [3.63, 3.8) is 0 Å². The molecule has 2 N–H and O–H groups in total. The van der Waals surface area contributed by atoms with Gasteiger partial charge in [-0.3, -0.25) is 4.79 Å².